The normalized spacial score (nSPS) is 20.2. The number of carbonyl (C=O) groups is 1. The topological polar surface area (TPSA) is 151 Å². The molecule has 0 aromatic carbocycles. The van der Waals surface area contributed by atoms with Gasteiger partial charge in [0.25, 0.3) is 0 Å². The van der Waals surface area contributed by atoms with Crippen molar-refractivity contribution >= 4 is 5.97 Å². The number of hydrogen-bond acceptors (Lipinski definition) is 7. The van der Waals surface area contributed by atoms with Crippen LogP contribution in [-0.2, 0) is 9.53 Å². The van der Waals surface area contributed by atoms with Crippen LogP contribution >= 0.6 is 0 Å². The highest BCUT2D eigenvalue weighted by molar-refractivity contribution is 5.73. The maximum Gasteiger partial charge on any atom is 0.334 e. The second-order valence-corrected chi connectivity index (χ2v) is 3.05. The third-order valence-corrected chi connectivity index (χ3v) is 1.99. The summed E-state index contributed by atoms with van der Waals surface area (Å²) in [6, 6.07) is 1.34. The van der Waals surface area contributed by atoms with Gasteiger partial charge >= 0.3 is 5.97 Å². The number of methoxy groups -OCH3 is 1. The van der Waals surface area contributed by atoms with Crippen LogP contribution in [0.3, 0.4) is 0 Å². The zero-order valence-electron chi connectivity index (χ0n) is 8.39. The smallest absolute Gasteiger partial charge is 0.334 e. The molecular formula is C8H13NO7. The van der Waals surface area contributed by atoms with E-state index in [-0.39, 0.29) is 0 Å². The van der Waals surface area contributed by atoms with Gasteiger partial charge in [-0.25, -0.2) is 4.79 Å². The summed E-state index contributed by atoms with van der Waals surface area (Å²) >= 11 is 0. The van der Waals surface area contributed by atoms with Gasteiger partial charge in [-0.15, -0.1) is 0 Å². The zero-order chi connectivity index (χ0) is 12.9. The zero-order valence-corrected chi connectivity index (χ0v) is 8.39. The lowest BCUT2D eigenvalue weighted by Crippen LogP contribution is -2.47. The van der Waals surface area contributed by atoms with Crippen LogP contribution in [0, 0.1) is 17.2 Å². The Hall–Kier alpha value is -1.24. The first-order valence-corrected chi connectivity index (χ1v) is 4.24. The number of aliphatic hydroxyl groups excluding tert-OH is 4. The Morgan fingerprint density at radius 2 is 1.75 bits per heavy atom. The fourth-order valence-corrected chi connectivity index (χ4v) is 1.01. The van der Waals surface area contributed by atoms with Gasteiger partial charge in [-0.05, 0) is 0 Å². The van der Waals surface area contributed by atoms with Crippen LogP contribution in [0.4, 0.5) is 0 Å². The summed E-state index contributed by atoms with van der Waals surface area (Å²) in [5.74, 6) is -3.50. The summed E-state index contributed by atoms with van der Waals surface area (Å²) in [5.41, 5.74) is 0. The standard InChI is InChI=1S/C8H13NO7/c1-16-8(15)6(12)4(10)3(2-9)5(11)7(13)14/h3-6,8,10-12,15H,1H3,(H,13,14). The van der Waals surface area contributed by atoms with Crippen LogP contribution < -0.4 is 0 Å². The Bertz CT molecular complexity index is 276. The first-order chi connectivity index (χ1) is 7.36. The van der Waals surface area contributed by atoms with Crippen LogP contribution in [-0.4, -0.2) is 63.2 Å². The molecule has 0 aromatic heterocycles. The van der Waals surface area contributed by atoms with E-state index in [9.17, 15) is 15.0 Å². The van der Waals surface area contributed by atoms with Gasteiger partial charge in [-0.2, -0.15) is 5.26 Å². The molecule has 0 saturated carbocycles. The molecule has 0 spiro atoms. The Morgan fingerprint density at radius 3 is 2.06 bits per heavy atom. The van der Waals surface area contributed by atoms with Crippen LogP contribution in [0.5, 0.6) is 0 Å². The minimum absolute atomic E-state index is 1.04. The summed E-state index contributed by atoms with van der Waals surface area (Å²) in [6.45, 7) is 0. The van der Waals surface area contributed by atoms with E-state index in [0.717, 1.165) is 7.11 Å². The Kier molecular flexibility index (Phi) is 5.87. The predicted octanol–water partition coefficient (Wildman–Crippen LogP) is -2.74. The molecule has 0 rings (SSSR count). The highest BCUT2D eigenvalue weighted by atomic mass is 16.6. The SMILES string of the molecule is COC(O)C(O)C(O)C(C#N)C(O)C(=O)O. The number of aliphatic hydroxyl groups is 4. The van der Waals surface area contributed by atoms with Gasteiger partial charge in [0.15, 0.2) is 12.4 Å². The molecule has 0 aliphatic rings. The van der Waals surface area contributed by atoms with E-state index in [1.54, 1.807) is 0 Å². The van der Waals surface area contributed by atoms with Crippen molar-refractivity contribution in [2.24, 2.45) is 5.92 Å². The molecule has 0 fully saturated rings. The quantitative estimate of drug-likeness (QED) is 0.311. The van der Waals surface area contributed by atoms with E-state index >= 15 is 0 Å². The van der Waals surface area contributed by atoms with Gasteiger partial charge in [0.1, 0.15) is 18.1 Å². The maximum absolute atomic E-state index is 10.4. The largest absolute Gasteiger partial charge is 0.479 e. The number of aliphatic carboxylic acids is 1. The molecule has 5 N–H and O–H groups in total. The van der Waals surface area contributed by atoms with E-state index in [0.29, 0.717) is 0 Å². The molecule has 16 heavy (non-hydrogen) atoms. The molecule has 5 unspecified atom stereocenters. The number of rotatable bonds is 6. The van der Waals surface area contributed by atoms with Crippen LogP contribution in [0.15, 0.2) is 0 Å². The van der Waals surface area contributed by atoms with Crippen molar-refractivity contribution in [3.8, 4) is 6.07 Å². The molecule has 0 aromatic rings. The van der Waals surface area contributed by atoms with Crippen molar-refractivity contribution in [2.75, 3.05) is 7.11 Å². The number of carboxylic acid groups (broad SMARTS) is 1. The van der Waals surface area contributed by atoms with Gasteiger partial charge < -0.3 is 30.3 Å². The lowest BCUT2D eigenvalue weighted by atomic mass is 9.93. The molecular weight excluding hydrogens is 222 g/mol. The monoisotopic (exact) mass is 235 g/mol. The molecule has 0 bridgehead atoms. The Morgan fingerprint density at radius 1 is 1.25 bits per heavy atom. The summed E-state index contributed by atoms with van der Waals surface area (Å²) in [6.07, 6.45) is -7.81. The summed E-state index contributed by atoms with van der Waals surface area (Å²) in [7, 11) is 1.04. The maximum atomic E-state index is 10.4. The molecule has 0 aliphatic heterocycles. The van der Waals surface area contributed by atoms with Crippen molar-refractivity contribution in [2.45, 2.75) is 24.6 Å². The molecule has 8 heteroatoms. The molecule has 92 valence electrons. The number of hydrogen-bond donors (Lipinski definition) is 5. The minimum Gasteiger partial charge on any atom is -0.479 e. The molecule has 0 radical (unpaired) electrons. The van der Waals surface area contributed by atoms with Gasteiger partial charge in [-0.1, -0.05) is 0 Å². The van der Waals surface area contributed by atoms with E-state index in [1.165, 1.54) is 6.07 Å². The number of carboxylic acids is 1. The average Bonchev–Trinajstić information content (AvgIpc) is 2.27. The first kappa shape index (κ1) is 14.8. The third-order valence-electron chi connectivity index (χ3n) is 1.99. The van der Waals surface area contributed by atoms with Gasteiger partial charge in [-0.3, -0.25) is 0 Å². The summed E-state index contributed by atoms with van der Waals surface area (Å²) in [4.78, 5) is 10.4. The van der Waals surface area contributed by atoms with E-state index in [2.05, 4.69) is 4.74 Å². The van der Waals surface area contributed by atoms with Crippen molar-refractivity contribution in [3.63, 3.8) is 0 Å². The molecule has 0 aliphatic carbocycles. The molecule has 0 amide bonds. The highest BCUT2D eigenvalue weighted by Gasteiger charge is 2.38. The third kappa shape index (κ3) is 3.41. The van der Waals surface area contributed by atoms with Crippen molar-refractivity contribution < 1.29 is 35.1 Å². The van der Waals surface area contributed by atoms with Gasteiger partial charge in [0.05, 0.1) is 6.07 Å². The summed E-state index contributed by atoms with van der Waals surface area (Å²) < 4.78 is 4.28. The number of nitrogens with zero attached hydrogens (tertiary/aromatic N) is 1. The summed E-state index contributed by atoms with van der Waals surface area (Å²) in [5, 5.41) is 53.6. The minimum atomic E-state index is -2.17. The number of nitriles is 1. The Labute approximate surface area is 90.9 Å². The van der Waals surface area contributed by atoms with Crippen LogP contribution in [0.2, 0.25) is 0 Å². The van der Waals surface area contributed by atoms with Gasteiger partial charge in [0.2, 0.25) is 0 Å². The van der Waals surface area contributed by atoms with Crippen molar-refractivity contribution in [1.82, 2.24) is 0 Å². The lowest BCUT2D eigenvalue weighted by Gasteiger charge is -2.26. The molecule has 0 heterocycles. The van der Waals surface area contributed by atoms with Crippen molar-refractivity contribution in [3.05, 3.63) is 0 Å². The highest BCUT2D eigenvalue weighted by Crippen LogP contribution is 2.15. The lowest BCUT2D eigenvalue weighted by molar-refractivity contribution is -0.188. The fourth-order valence-electron chi connectivity index (χ4n) is 1.01. The molecule has 0 saturated heterocycles. The molecule has 8 nitrogen and oxygen atoms in total. The van der Waals surface area contributed by atoms with Crippen molar-refractivity contribution in [1.29, 1.82) is 5.26 Å². The van der Waals surface area contributed by atoms with E-state index in [4.69, 9.17) is 20.6 Å². The Balaban J connectivity index is 4.73. The second kappa shape index (κ2) is 6.37. The van der Waals surface area contributed by atoms with E-state index in [1.807, 2.05) is 0 Å². The first-order valence-electron chi connectivity index (χ1n) is 4.24. The molecule has 5 atom stereocenters. The second-order valence-electron chi connectivity index (χ2n) is 3.05. The average molecular weight is 235 g/mol. The fraction of sp³-hybridized carbons (Fsp3) is 0.750. The van der Waals surface area contributed by atoms with Gasteiger partial charge in [0, 0.05) is 7.11 Å². The van der Waals surface area contributed by atoms with Crippen LogP contribution in [0.1, 0.15) is 0 Å². The van der Waals surface area contributed by atoms with E-state index < -0.39 is 36.5 Å². The van der Waals surface area contributed by atoms with Crippen LogP contribution in [0.25, 0.3) is 0 Å². The predicted molar refractivity (Wildman–Crippen MR) is 47.8 cm³/mol. The number of ether oxygens (including phenoxy) is 1.